The molecule has 10 aromatic carbocycles. The van der Waals surface area contributed by atoms with Crippen molar-refractivity contribution in [3.05, 3.63) is 204 Å². The average molecular weight is 823 g/mol. The zero-order valence-electron chi connectivity index (χ0n) is 36.0. The molecule has 0 radical (unpaired) electrons. The summed E-state index contributed by atoms with van der Waals surface area (Å²) in [6.07, 6.45) is 0. The highest BCUT2D eigenvalue weighted by Crippen LogP contribution is 2.57. The van der Waals surface area contributed by atoms with Crippen LogP contribution in [0.15, 0.2) is 191 Å². The fourth-order valence-electron chi connectivity index (χ4n) is 11.5. The third-order valence-electron chi connectivity index (χ3n) is 14.7. The fraction of sp³-hybridized carbons (Fsp3) is 0.100. The third kappa shape index (κ3) is 4.72. The van der Waals surface area contributed by atoms with Gasteiger partial charge in [0.25, 0.3) is 0 Å². The van der Waals surface area contributed by atoms with Gasteiger partial charge in [-0.05, 0) is 104 Å². The van der Waals surface area contributed by atoms with E-state index in [1.807, 2.05) is 0 Å². The van der Waals surface area contributed by atoms with E-state index in [-0.39, 0.29) is 10.8 Å². The second-order valence-electron chi connectivity index (χ2n) is 18.9. The van der Waals surface area contributed by atoms with Crippen molar-refractivity contribution in [2.45, 2.75) is 38.5 Å². The lowest BCUT2D eigenvalue weighted by molar-refractivity contribution is 0.630. The highest BCUT2D eigenvalue weighted by Gasteiger charge is 2.40. The van der Waals surface area contributed by atoms with Crippen LogP contribution in [-0.2, 0) is 10.8 Å². The predicted molar refractivity (Wildman–Crippen MR) is 267 cm³/mol. The molecule has 0 bridgehead atoms. The highest BCUT2D eigenvalue weighted by molar-refractivity contribution is 6.15. The van der Waals surface area contributed by atoms with Crippen molar-refractivity contribution in [1.82, 2.24) is 0 Å². The molecular formula is C60H42N2O2. The summed E-state index contributed by atoms with van der Waals surface area (Å²) < 4.78 is 13.5. The van der Waals surface area contributed by atoms with Crippen LogP contribution in [-0.4, -0.2) is 0 Å². The highest BCUT2D eigenvalue weighted by atomic mass is 16.3. The minimum atomic E-state index is -0.268. The lowest BCUT2D eigenvalue weighted by atomic mass is 9.73. The van der Waals surface area contributed by atoms with Crippen molar-refractivity contribution in [2.75, 3.05) is 9.80 Å². The van der Waals surface area contributed by atoms with Crippen molar-refractivity contribution in [1.29, 1.82) is 0 Å². The van der Waals surface area contributed by atoms with Gasteiger partial charge in [-0.2, -0.15) is 0 Å². The number of benzene rings is 10. The Morgan fingerprint density at radius 1 is 0.281 bits per heavy atom. The van der Waals surface area contributed by atoms with Gasteiger partial charge in [0.05, 0.1) is 34.1 Å². The minimum absolute atomic E-state index is 0.268. The Labute approximate surface area is 370 Å². The van der Waals surface area contributed by atoms with Crippen LogP contribution in [0.2, 0.25) is 0 Å². The van der Waals surface area contributed by atoms with Gasteiger partial charge in [-0.3, -0.25) is 0 Å². The Hall–Kier alpha value is -7.82. The van der Waals surface area contributed by atoms with Gasteiger partial charge in [-0.25, -0.2) is 0 Å². The molecule has 14 rings (SSSR count). The molecule has 0 saturated heterocycles. The van der Waals surface area contributed by atoms with Crippen LogP contribution >= 0.6 is 0 Å². The molecule has 0 aliphatic carbocycles. The zero-order chi connectivity index (χ0) is 42.6. The number of hydrogen-bond donors (Lipinski definition) is 0. The van der Waals surface area contributed by atoms with Crippen LogP contribution in [0.25, 0.3) is 76.2 Å². The molecule has 2 aliphatic rings. The molecule has 0 fully saturated rings. The summed E-state index contributed by atoms with van der Waals surface area (Å²) >= 11 is 0. The number of para-hydroxylation sites is 2. The van der Waals surface area contributed by atoms with E-state index >= 15 is 0 Å². The van der Waals surface area contributed by atoms with Crippen LogP contribution < -0.4 is 9.80 Å². The fourth-order valence-corrected chi connectivity index (χ4v) is 11.5. The number of nitrogens with zero attached hydrogens (tertiary/aromatic N) is 2. The lowest BCUT2D eigenvalue weighted by Crippen LogP contribution is -2.31. The molecule has 64 heavy (non-hydrogen) atoms. The maximum absolute atomic E-state index is 6.76. The SMILES string of the molecule is CC1(C)c2ccccc2N(c2cccc3c(N4c5ccccc5C(C)(C)c5cc6c(cc54)oc4cc5ccccc5cc46)cccc23)c2cc3oc4cc5ccccc5cc4c3cc21. The molecule has 0 unspecified atom stereocenters. The first-order chi connectivity index (χ1) is 31.2. The molecule has 2 aromatic heterocycles. The quantitative estimate of drug-likeness (QED) is 0.174. The van der Waals surface area contributed by atoms with E-state index in [1.54, 1.807) is 0 Å². The first-order valence-electron chi connectivity index (χ1n) is 22.3. The molecule has 4 nitrogen and oxygen atoms in total. The molecule has 0 amide bonds. The summed E-state index contributed by atoms with van der Waals surface area (Å²) in [6, 6.07) is 66.8. The van der Waals surface area contributed by atoms with Gasteiger partial charge in [-0.1, -0.05) is 137 Å². The largest absolute Gasteiger partial charge is 0.456 e. The van der Waals surface area contributed by atoms with Crippen LogP contribution in [0.4, 0.5) is 34.1 Å². The molecule has 0 N–H and O–H groups in total. The maximum Gasteiger partial charge on any atom is 0.137 e. The first-order valence-corrected chi connectivity index (χ1v) is 22.3. The van der Waals surface area contributed by atoms with Gasteiger partial charge >= 0.3 is 0 Å². The second-order valence-corrected chi connectivity index (χ2v) is 18.9. The molecule has 0 atom stereocenters. The van der Waals surface area contributed by atoms with Crippen LogP contribution in [0.3, 0.4) is 0 Å². The predicted octanol–water partition coefficient (Wildman–Crippen LogP) is 17.2. The second kappa shape index (κ2) is 12.4. The van der Waals surface area contributed by atoms with Crippen LogP contribution in [0, 0.1) is 0 Å². The Balaban J connectivity index is 1.01. The van der Waals surface area contributed by atoms with Gasteiger partial charge in [-0.15, -0.1) is 0 Å². The van der Waals surface area contributed by atoms with Gasteiger partial charge in [0.1, 0.15) is 22.3 Å². The molecule has 0 spiro atoms. The maximum atomic E-state index is 6.76. The Morgan fingerprint density at radius 3 is 1.06 bits per heavy atom. The van der Waals surface area contributed by atoms with Gasteiger partial charge in [0.15, 0.2) is 0 Å². The number of fused-ring (bicyclic) bond motifs is 13. The standard InChI is InChI=1S/C60H42N2O2/c1-59(2)45-21-9-11-23-51(45)61(53-33-57-43(31-47(53)59)41-27-35-15-5-7-17-37(35)29-55(41)63-57)49-25-13-20-40-39(49)19-14-26-50(40)62-52-24-12-10-22-46(52)60(3,4)48-32-44-42-28-36-16-6-8-18-38(36)30-56(42)64-58(44)34-54(48)62/h5-34H,1-4H3. The lowest BCUT2D eigenvalue weighted by Gasteiger charge is -2.43. The van der Waals surface area contributed by atoms with E-state index in [1.165, 1.54) is 55.2 Å². The number of anilines is 6. The Morgan fingerprint density at radius 2 is 0.625 bits per heavy atom. The molecular weight excluding hydrogens is 781 g/mol. The van der Waals surface area contributed by atoms with E-state index in [0.29, 0.717) is 0 Å². The Kier molecular flexibility index (Phi) is 6.94. The minimum Gasteiger partial charge on any atom is -0.456 e. The molecule has 2 aliphatic heterocycles. The van der Waals surface area contributed by atoms with Gasteiger partial charge < -0.3 is 18.6 Å². The monoisotopic (exact) mass is 822 g/mol. The van der Waals surface area contributed by atoms with Crippen molar-refractivity contribution >= 4 is 110 Å². The van der Waals surface area contributed by atoms with Crippen molar-refractivity contribution < 1.29 is 8.83 Å². The summed E-state index contributed by atoms with van der Waals surface area (Å²) in [6.45, 7) is 9.45. The Bertz CT molecular complexity index is 3740. The van der Waals surface area contributed by atoms with Crippen molar-refractivity contribution in [3.63, 3.8) is 0 Å². The topological polar surface area (TPSA) is 32.8 Å². The van der Waals surface area contributed by atoms with Crippen molar-refractivity contribution in [3.8, 4) is 0 Å². The van der Waals surface area contributed by atoms with Crippen LogP contribution in [0.5, 0.6) is 0 Å². The number of rotatable bonds is 2. The zero-order valence-corrected chi connectivity index (χ0v) is 36.0. The molecule has 304 valence electrons. The summed E-state index contributed by atoms with van der Waals surface area (Å²) in [5, 5.41) is 11.7. The third-order valence-corrected chi connectivity index (χ3v) is 14.7. The van der Waals surface area contributed by atoms with Gasteiger partial charge in [0, 0.05) is 55.3 Å². The molecule has 0 saturated carbocycles. The average Bonchev–Trinajstić information content (AvgIpc) is 3.85. The van der Waals surface area contributed by atoms with Crippen molar-refractivity contribution in [2.24, 2.45) is 0 Å². The number of furan rings is 2. The molecule has 4 heteroatoms. The van der Waals surface area contributed by atoms with E-state index in [2.05, 4.69) is 219 Å². The van der Waals surface area contributed by atoms with E-state index in [4.69, 9.17) is 8.83 Å². The number of hydrogen-bond acceptors (Lipinski definition) is 4. The summed E-state index contributed by atoms with van der Waals surface area (Å²) in [5.74, 6) is 0. The van der Waals surface area contributed by atoms with E-state index < -0.39 is 0 Å². The van der Waals surface area contributed by atoms with Gasteiger partial charge in [0.2, 0.25) is 0 Å². The summed E-state index contributed by atoms with van der Waals surface area (Å²) in [4.78, 5) is 4.96. The van der Waals surface area contributed by atoms with E-state index in [9.17, 15) is 0 Å². The summed E-state index contributed by atoms with van der Waals surface area (Å²) in [7, 11) is 0. The molecule has 4 heterocycles. The first kappa shape index (κ1) is 35.7. The van der Waals surface area contributed by atoms with Crippen LogP contribution in [0.1, 0.15) is 49.9 Å². The van der Waals surface area contributed by atoms with E-state index in [0.717, 1.165) is 77.4 Å². The normalized spacial score (nSPS) is 15.1. The summed E-state index contributed by atoms with van der Waals surface area (Å²) in [5.41, 5.74) is 15.0. The smallest absolute Gasteiger partial charge is 0.137 e. The molecule has 12 aromatic rings.